The van der Waals surface area contributed by atoms with E-state index in [0.717, 1.165) is 0 Å². The van der Waals surface area contributed by atoms with Crippen LogP contribution in [-0.4, -0.2) is 11.7 Å². The lowest BCUT2D eigenvalue weighted by Crippen LogP contribution is -2.12. The van der Waals surface area contributed by atoms with Crippen LogP contribution in [0, 0.1) is 17.1 Å². The number of benzene rings is 1. The molecule has 1 aromatic rings. The molecule has 1 atom stereocenters. The molecule has 0 aliphatic rings. The molecule has 0 fully saturated rings. The Morgan fingerprint density at radius 3 is 2.73 bits per heavy atom. The van der Waals surface area contributed by atoms with Crippen molar-refractivity contribution >= 4 is 12.4 Å². The first-order valence-electron chi connectivity index (χ1n) is 4.25. The standard InChI is InChI=1S/C10H11FN2O.ClH/c11-9-2-1-7(5-8(9)6-12)10(13)3-4-14;/h1-2,5,10,14H,3-4,13H2;1H. The second-order valence-corrected chi connectivity index (χ2v) is 2.97. The topological polar surface area (TPSA) is 70.0 Å². The highest BCUT2D eigenvalue weighted by Gasteiger charge is 2.08. The van der Waals surface area contributed by atoms with E-state index in [1.165, 1.54) is 18.2 Å². The third-order valence-electron chi connectivity index (χ3n) is 1.98. The van der Waals surface area contributed by atoms with Crippen molar-refractivity contribution in [3.8, 4) is 6.07 Å². The highest BCUT2D eigenvalue weighted by molar-refractivity contribution is 5.85. The zero-order valence-electron chi connectivity index (χ0n) is 7.98. The van der Waals surface area contributed by atoms with Crippen LogP contribution in [0.25, 0.3) is 0 Å². The van der Waals surface area contributed by atoms with Crippen molar-refractivity contribution in [2.24, 2.45) is 5.73 Å². The number of aliphatic hydroxyl groups excluding tert-OH is 1. The Morgan fingerprint density at radius 1 is 1.53 bits per heavy atom. The van der Waals surface area contributed by atoms with Crippen molar-refractivity contribution in [2.45, 2.75) is 12.5 Å². The van der Waals surface area contributed by atoms with E-state index in [4.69, 9.17) is 16.1 Å². The number of hydrogen-bond acceptors (Lipinski definition) is 3. The number of nitrogens with zero attached hydrogens (tertiary/aromatic N) is 1. The number of hydrogen-bond donors (Lipinski definition) is 2. The average molecular weight is 231 g/mol. The number of aliphatic hydroxyl groups is 1. The minimum Gasteiger partial charge on any atom is -0.396 e. The van der Waals surface area contributed by atoms with E-state index in [1.807, 2.05) is 0 Å². The monoisotopic (exact) mass is 230 g/mol. The maximum Gasteiger partial charge on any atom is 0.140 e. The third kappa shape index (κ3) is 3.48. The zero-order valence-corrected chi connectivity index (χ0v) is 8.80. The molecule has 0 aromatic heterocycles. The highest BCUT2D eigenvalue weighted by Crippen LogP contribution is 2.17. The Kier molecular flexibility index (Phi) is 5.87. The van der Waals surface area contributed by atoms with E-state index < -0.39 is 5.82 Å². The lowest BCUT2D eigenvalue weighted by atomic mass is 10.0. The average Bonchev–Trinajstić information content (AvgIpc) is 2.19. The van der Waals surface area contributed by atoms with Crippen LogP contribution in [0.2, 0.25) is 0 Å². The molecule has 0 aliphatic carbocycles. The fraction of sp³-hybridized carbons (Fsp3) is 0.300. The highest BCUT2D eigenvalue weighted by atomic mass is 35.5. The Labute approximate surface area is 93.7 Å². The van der Waals surface area contributed by atoms with Crippen molar-refractivity contribution in [3.63, 3.8) is 0 Å². The van der Waals surface area contributed by atoms with Crippen molar-refractivity contribution in [1.82, 2.24) is 0 Å². The number of rotatable bonds is 3. The summed E-state index contributed by atoms with van der Waals surface area (Å²) in [5, 5.41) is 17.2. The van der Waals surface area contributed by atoms with Gasteiger partial charge in [0.25, 0.3) is 0 Å². The summed E-state index contributed by atoms with van der Waals surface area (Å²) >= 11 is 0. The molecule has 0 spiro atoms. The van der Waals surface area contributed by atoms with Gasteiger partial charge in [0.05, 0.1) is 5.56 Å². The molecule has 3 N–H and O–H groups in total. The second-order valence-electron chi connectivity index (χ2n) is 2.97. The molecule has 3 nitrogen and oxygen atoms in total. The molecule has 0 amide bonds. The van der Waals surface area contributed by atoms with Gasteiger partial charge in [-0.05, 0) is 24.1 Å². The van der Waals surface area contributed by atoms with Gasteiger partial charge in [-0.1, -0.05) is 6.07 Å². The van der Waals surface area contributed by atoms with Crippen molar-refractivity contribution in [2.75, 3.05) is 6.61 Å². The largest absolute Gasteiger partial charge is 0.396 e. The Bertz CT molecular complexity index is 365. The van der Waals surface area contributed by atoms with E-state index in [-0.39, 0.29) is 30.6 Å². The summed E-state index contributed by atoms with van der Waals surface area (Å²) in [6.07, 6.45) is 0.399. The van der Waals surface area contributed by atoms with Crippen molar-refractivity contribution in [1.29, 1.82) is 5.26 Å². The Hall–Kier alpha value is -1.15. The molecule has 0 radical (unpaired) electrons. The molecule has 0 bridgehead atoms. The van der Waals surface area contributed by atoms with Crippen LogP contribution < -0.4 is 5.73 Å². The molecule has 15 heavy (non-hydrogen) atoms. The normalized spacial score (nSPS) is 11.3. The summed E-state index contributed by atoms with van der Waals surface area (Å²) in [5.74, 6) is -0.549. The maximum absolute atomic E-state index is 12.9. The first kappa shape index (κ1) is 13.8. The summed E-state index contributed by atoms with van der Waals surface area (Å²) in [6, 6.07) is 5.54. The lowest BCUT2D eigenvalue weighted by molar-refractivity contribution is 0.276. The van der Waals surface area contributed by atoms with Crippen LogP contribution in [0.3, 0.4) is 0 Å². The molecule has 5 heteroatoms. The van der Waals surface area contributed by atoms with Gasteiger partial charge in [0.15, 0.2) is 0 Å². The molecule has 1 unspecified atom stereocenters. The van der Waals surface area contributed by atoms with Crippen LogP contribution in [0.4, 0.5) is 4.39 Å². The van der Waals surface area contributed by atoms with Crippen LogP contribution >= 0.6 is 12.4 Å². The van der Waals surface area contributed by atoms with E-state index >= 15 is 0 Å². The Morgan fingerprint density at radius 2 is 2.20 bits per heavy atom. The quantitative estimate of drug-likeness (QED) is 0.827. The van der Waals surface area contributed by atoms with Gasteiger partial charge in [-0.25, -0.2) is 4.39 Å². The second kappa shape index (κ2) is 6.36. The fourth-order valence-electron chi connectivity index (χ4n) is 1.16. The van der Waals surface area contributed by atoms with Gasteiger partial charge < -0.3 is 10.8 Å². The minimum atomic E-state index is -0.549. The van der Waals surface area contributed by atoms with E-state index in [1.54, 1.807) is 6.07 Å². The van der Waals surface area contributed by atoms with Crippen LogP contribution in [0.15, 0.2) is 18.2 Å². The first-order chi connectivity index (χ1) is 6.69. The smallest absolute Gasteiger partial charge is 0.140 e. The maximum atomic E-state index is 12.9. The molecule has 0 saturated carbocycles. The zero-order chi connectivity index (χ0) is 10.6. The molecular weight excluding hydrogens is 219 g/mol. The van der Waals surface area contributed by atoms with Gasteiger partial charge in [0.2, 0.25) is 0 Å². The van der Waals surface area contributed by atoms with E-state index in [0.29, 0.717) is 12.0 Å². The van der Waals surface area contributed by atoms with Crippen LogP contribution in [-0.2, 0) is 0 Å². The number of halogens is 2. The molecule has 0 heterocycles. The lowest BCUT2D eigenvalue weighted by Gasteiger charge is -2.10. The molecular formula is C10H12ClFN2O. The van der Waals surface area contributed by atoms with Crippen LogP contribution in [0.5, 0.6) is 0 Å². The van der Waals surface area contributed by atoms with Gasteiger partial charge in [-0.3, -0.25) is 0 Å². The third-order valence-corrected chi connectivity index (χ3v) is 1.98. The predicted octanol–water partition coefficient (Wildman–Crippen LogP) is 1.50. The summed E-state index contributed by atoms with van der Waals surface area (Å²) < 4.78 is 12.9. The molecule has 82 valence electrons. The molecule has 1 rings (SSSR count). The van der Waals surface area contributed by atoms with E-state index in [2.05, 4.69) is 0 Å². The van der Waals surface area contributed by atoms with Gasteiger partial charge in [-0.2, -0.15) is 5.26 Å². The summed E-state index contributed by atoms with van der Waals surface area (Å²) in [7, 11) is 0. The van der Waals surface area contributed by atoms with Gasteiger partial charge in [0, 0.05) is 12.6 Å². The molecule has 1 aromatic carbocycles. The van der Waals surface area contributed by atoms with Crippen LogP contribution in [0.1, 0.15) is 23.6 Å². The van der Waals surface area contributed by atoms with Gasteiger partial charge in [-0.15, -0.1) is 12.4 Å². The fourth-order valence-corrected chi connectivity index (χ4v) is 1.16. The first-order valence-corrected chi connectivity index (χ1v) is 4.25. The summed E-state index contributed by atoms with van der Waals surface area (Å²) in [4.78, 5) is 0. The summed E-state index contributed by atoms with van der Waals surface area (Å²) in [6.45, 7) is -0.0274. The number of nitrogens with two attached hydrogens (primary N) is 1. The minimum absolute atomic E-state index is 0. The Balaban J connectivity index is 0.00000196. The SMILES string of the molecule is Cl.N#Cc1cc(C(N)CCO)ccc1F. The molecule has 0 saturated heterocycles. The van der Waals surface area contributed by atoms with Crippen molar-refractivity contribution < 1.29 is 9.50 Å². The van der Waals surface area contributed by atoms with Gasteiger partial charge >= 0.3 is 0 Å². The molecule has 0 aliphatic heterocycles. The van der Waals surface area contributed by atoms with Crippen molar-refractivity contribution in [3.05, 3.63) is 35.1 Å². The van der Waals surface area contributed by atoms with E-state index in [9.17, 15) is 4.39 Å². The van der Waals surface area contributed by atoms with Gasteiger partial charge in [0.1, 0.15) is 11.9 Å². The summed E-state index contributed by atoms with van der Waals surface area (Å²) in [5.41, 5.74) is 6.33. The predicted molar refractivity (Wildman–Crippen MR) is 57.0 cm³/mol. The number of nitriles is 1.